The molecular formula is C20H23OY. The molecule has 0 saturated heterocycles. The largest absolute Gasteiger partial charge is 3.00 e. The van der Waals surface area contributed by atoms with Crippen LogP contribution in [-0.2, 0) is 39.1 Å². The number of carbonyl (C=O) groups excluding carboxylic acids is 1. The van der Waals surface area contributed by atoms with Gasteiger partial charge in [-0.15, -0.1) is 0 Å². The maximum atomic E-state index is 11.9. The van der Waals surface area contributed by atoms with E-state index in [1.54, 1.807) is 36.4 Å². The van der Waals surface area contributed by atoms with E-state index in [-0.39, 0.29) is 44.9 Å². The molecule has 0 fully saturated rings. The van der Waals surface area contributed by atoms with Crippen molar-refractivity contribution in [3.05, 3.63) is 85.6 Å². The summed E-state index contributed by atoms with van der Waals surface area (Å²) in [6.45, 7) is 9.63. The maximum absolute atomic E-state index is 11.9. The number of hydrogen-bond donors (Lipinski definition) is 0. The molecule has 2 heteroatoms. The molecule has 112 valence electrons. The summed E-state index contributed by atoms with van der Waals surface area (Å²) in [7, 11) is 0. The molecule has 0 aliphatic carbocycles. The molecule has 0 aliphatic heterocycles. The quantitative estimate of drug-likeness (QED) is 0.536. The minimum absolute atomic E-state index is 0. The monoisotopic (exact) mass is 370 g/mol. The van der Waals surface area contributed by atoms with Gasteiger partial charge in [0.2, 0.25) is 0 Å². The van der Waals surface area contributed by atoms with Crippen molar-refractivity contribution in [2.45, 2.75) is 26.2 Å². The normalized spacial score (nSPS) is 11.3. The number of carbonyl (C=O) groups is 1. The van der Waals surface area contributed by atoms with Crippen molar-refractivity contribution in [3.63, 3.8) is 0 Å². The van der Waals surface area contributed by atoms with Crippen LogP contribution >= 0.6 is 0 Å². The summed E-state index contributed by atoms with van der Waals surface area (Å²) in [4.78, 5) is 11.9. The minimum atomic E-state index is 0. The number of rotatable bonds is 5. The molecule has 1 unspecified atom stereocenters. The van der Waals surface area contributed by atoms with Gasteiger partial charge in [0.1, 0.15) is 5.78 Å². The minimum Gasteiger partial charge on any atom is -0.345 e. The SMILES string of the molecule is [3H]c1ccccc1CC(=O)c1cc[c-]cc1.[CH2-]CC([CH2-])CC.[Y+3]. The zero-order valence-electron chi connectivity index (χ0n) is 14.2. The second-order valence-corrected chi connectivity index (χ2v) is 4.84. The molecule has 1 atom stereocenters. The first-order valence-corrected chi connectivity index (χ1v) is 7.24. The number of ketones is 1. The molecule has 2 aromatic rings. The molecule has 1 nitrogen and oxygen atoms in total. The molecule has 0 N–H and O–H groups in total. The predicted molar refractivity (Wildman–Crippen MR) is 88.9 cm³/mol. The fourth-order valence-corrected chi connectivity index (χ4v) is 1.59. The Hall–Kier alpha value is -0.786. The first kappa shape index (κ1) is 19.3. The molecule has 0 amide bonds. The molecule has 0 spiro atoms. The van der Waals surface area contributed by atoms with Crippen molar-refractivity contribution < 1.29 is 38.9 Å². The van der Waals surface area contributed by atoms with Crippen molar-refractivity contribution in [2.75, 3.05) is 0 Å². The molecular weight excluding hydrogens is 345 g/mol. The van der Waals surface area contributed by atoms with Crippen LogP contribution in [0.3, 0.4) is 0 Å². The van der Waals surface area contributed by atoms with Crippen LogP contribution in [0.2, 0.25) is 0 Å². The summed E-state index contributed by atoms with van der Waals surface area (Å²) in [5.74, 6) is 0.610. The molecule has 0 bridgehead atoms. The van der Waals surface area contributed by atoms with E-state index in [1.165, 1.54) is 0 Å². The topological polar surface area (TPSA) is 17.1 Å². The Morgan fingerprint density at radius 1 is 1.27 bits per heavy atom. The van der Waals surface area contributed by atoms with Crippen LogP contribution in [0, 0.1) is 25.8 Å². The third-order valence-corrected chi connectivity index (χ3v) is 3.15. The molecule has 0 saturated carbocycles. The Morgan fingerprint density at radius 2 is 1.95 bits per heavy atom. The van der Waals surface area contributed by atoms with Crippen LogP contribution in [0.1, 0.15) is 37.1 Å². The van der Waals surface area contributed by atoms with Gasteiger partial charge in [0, 0.05) is 6.42 Å². The maximum Gasteiger partial charge on any atom is 3.00 e. The van der Waals surface area contributed by atoms with Crippen LogP contribution < -0.4 is 0 Å². The fourth-order valence-electron chi connectivity index (χ4n) is 1.59. The summed E-state index contributed by atoms with van der Waals surface area (Å²) in [6, 6.07) is 17.4. The Kier molecular flexibility index (Phi) is 11.1. The summed E-state index contributed by atoms with van der Waals surface area (Å²) in [6.07, 6.45) is 2.41. The molecule has 0 aliphatic rings. The van der Waals surface area contributed by atoms with E-state index in [0.29, 0.717) is 17.5 Å². The Labute approximate surface area is 161 Å². The molecule has 0 aromatic heterocycles. The van der Waals surface area contributed by atoms with E-state index < -0.39 is 0 Å². The first-order chi connectivity index (χ1) is 10.6. The zero-order valence-corrected chi connectivity index (χ0v) is 16.1. The summed E-state index contributed by atoms with van der Waals surface area (Å²) in [5.41, 5.74) is 1.43. The van der Waals surface area contributed by atoms with Gasteiger partial charge in [0.25, 0.3) is 0 Å². The number of Topliss-reactive ketones (excluding diaryl/α,β-unsaturated/α-hetero) is 1. The van der Waals surface area contributed by atoms with Crippen LogP contribution in [-0.4, -0.2) is 5.78 Å². The molecule has 0 radical (unpaired) electrons. The van der Waals surface area contributed by atoms with Crippen molar-refractivity contribution in [3.8, 4) is 0 Å². The van der Waals surface area contributed by atoms with Crippen molar-refractivity contribution in [1.82, 2.24) is 0 Å². The van der Waals surface area contributed by atoms with Crippen LogP contribution in [0.15, 0.2) is 54.6 Å². The Balaban J connectivity index is 0.000000599. The van der Waals surface area contributed by atoms with E-state index in [2.05, 4.69) is 26.8 Å². The Morgan fingerprint density at radius 3 is 2.45 bits per heavy atom. The predicted octanol–water partition coefficient (Wildman–Crippen LogP) is 4.98. The van der Waals surface area contributed by atoms with Crippen molar-refractivity contribution in [2.24, 2.45) is 5.92 Å². The first-order valence-electron chi connectivity index (χ1n) is 7.74. The van der Waals surface area contributed by atoms with Gasteiger partial charge >= 0.3 is 32.7 Å². The summed E-state index contributed by atoms with van der Waals surface area (Å²) >= 11 is 0. The van der Waals surface area contributed by atoms with Gasteiger partial charge in [0.05, 0.1) is 1.37 Å². The molecule has 0 heterocycles. The number of hydrogen-bond acceptors (Lipinski definition) is 1. The van der Waals surface area contributed by atoms with Gasteiger partial charge < -0.3 is 13.8 Å². The zero-order chi connectivity index (χ0) is 16.4. The number of benzene rings is 2. The van der Waals surface area contributed by atoms with E-state index >= 15 is 0 Å². The molecule has 2 aromatic carbocycles. The van der Waals surface area contributed by atoms with Crippen LogP contribution in [0.4, 0.5) is 0 Å². The fraction of sp³-hybridized carbons (Fsp3) is 0.250. The third-order valence-electron chi connectivity index (χ3n) is 3.15. The van der Waals surface area contributed by atoms with E-state index in [9.17, 15) is 4.79 Å². The second kappa shape index (κ2) is 12.7. The van der Waals surface area contributed by atoms with E-state index in [0.717, 1.165) is 18.4 Å². The van der Waals surface area contributed by atoms with Gasteiger partial charge in [-0.25, -0.2) is 6.42 Å². The van der Waals surface area contributed by atoms with Gasteiger partial charge in [0.15, 0.2) is 0 Å². The van der Waals surface area contributed by atoms with Gasteiger partial charge in [-0.1, -0.05) is 49.2 Å². The van der Waals surface area contributed by atoms with E-state index in [4.69, 9.17) is 1.37 Å². The Bertz CT molecular complexity index is 565. The van der Waals surface area contributed by atoms with Gasteiger partial charge in [-0.05, 0) is 5.56 Å². The van der Waals surface area contributed by atoms with Crippen molar-refractivity contribution >= 4 is 5.78 Å². The summed E-state index contributed by atoms with van der Waals surface area (Å²) in [5, 5.41) is 0. The van der Waals surface area contributed by atoms with Crippen LogP contribution in [0.25, 0.3) is 0 Å². The smallest absolute Gasteiger partial charge is 0.345 e. The molecule has 22 heavy (non-hydrogen) atoms. The second-order valence-electron chi connectivity index (χ2n) is 4.84. The van der Waals surface area contributed by atoms with Crippen LogP contribution in [0.5, 0.6) is 0 Å². The van der Waals surface area contributed by atoms with Gasteiger partial charge in [-0.2, -0.15) is 36.2 Å². The molecule has 2 rings (SSSR count). The third kappa shape index (κ3) is 8.61. The average Bonchev–Trinajstić information content (AvgIpc) is 2.57. The standard InChI is InChI=1S/C14H11O.C6H12.Y/c15-14(13-9-5-2-6-10-13)11-12-7-3-1-4-8-12;1-4-6(3)5-2;/h1,3-10H,11H2;6H,1,3-5H2,2H3;/q-1;-2;+3/i7T;;. The van der Waals surface area contributed by atoms with Crippen molar-refractivity contribution in [1.29, 1.82) is 0 Å². The van der Waals surface area contributed by atoms with Gasteiger partial charge in [-0.3, -0.25) is 4.79 Å². The summed E-state index contributed by atoms with van der Waals surface area (Å²) < 4.78 is 7.67. The average molecular weight is 370 g/mol. The van der Waals surface area contributed by atoms with E-state index in [1.807, 2.05) is 12.1 Å².